The Kier molecular flexibility index (Phi) is 6.14. The van der Waals surface area contributed by atoms with Crippen LogP contribution in [0.15, 0.2) is 0 Å². The molecule has 0 heterocycles. The Balaban J connectivity index is 2.36. The van der Waals surface area contributed by atoms with Gasteiger partial charge in [-0.3, -0.25) is 4.79 Å². The van der Waals surface area contributed by atoms with Gasteiger partial charge in [-0.2, -0.15) is 5.26 Å². The van der Waals surface area contributed by atoms with Gasteiger partial charge in [0.05, 0.1) is 11.5 Å². The van der Waals surface area contributed by atoms with Gasteiger partial charge in [0.15, 0.2) is 0 Å². The van der Waals surface area contributed by atoms with Crippen molar-refractivity contribution in [1.82, 2.24) is 5.32 Å². The lowest BCUT2D eigenvalue weighted by atomic mass is 9.70. The van der Waals surface area contributed by atoms with Crippen LogP contribution in [-0.4, -0.2) is 19.0 Å². The zero-order chi connectivity index (χ0) is 13.4. The molecular formula is C14H25N3O. The van der Waals surface area contributed by atoms with Gasteiger partial charge in [0.2, 0.25) is 5.91 Å². The fourth-order valence-electron chi connectivity index (χ4n) is 2.56. The first-order valence-corrected chi connectivity index (χ1v) is 7.00. The maximum Gasteiger partial charge on any atom is 0.227 e. The van der Waals surface area contributed by atoms with Gasteiger partial charge in [-0.1, -0.05) is 6.92 Å². The van der Waals surface area contributed by atoms with E-state index in [-0.39, 0.29) is 11.3 Å². The number of unbranched alkanes of at least 4 members (excludes halogenated alkanes) is 2. The van der Waals surface area contributed by atoms with Gasteiger partial charge < -0.3 is 11.1 Å². The first-order valence-electron chi connectivity index (χ1n) is 7.00. The zero-order valence-electron chi connectivity index (χ0n) is 11.4. The van der Waals surface area contributed by atoms with Crippen molar-refractivity contribution in [2.24, 2.45) is 17.1 Å². The first kappa shape index (κ1) is 15.0. The largest absolute Gasteiger partial charge is 0.356 e. The molecular weight excluding hydrogens is 226 g/mol. The van der Waals surface area contributed by atoms with Gasteiger partial charge in [0, 0.05) is 19.5 Å². The summed E-state index contributed by atoms with van der Waals surface area (Å²) in [7, 11) is 0. The number of rotatable bonds is 6. The van der Waals surface area contributed by atoms with Gasteiger partial charge in [-0.25, -0.2) is 0 Å². The maximum atomic E-state index is 12.2. The van der Waals surface area contributed by atoms with E-state index in [9.17, 15) is 4.79 Å². The van der Waals surface area contributed by atoms with E-state index < -0.39 is 0 Å². The lowest BCUT2D eigenvalue weighted by Gasteiger charge is -2.37. The molecule has 0 saturated heterocycles. The van der Waals surface area contributed by atoms with Crippen LogP contribution in [0, 0.1) is 22.7 Å². The minimum absolute atomic E-state index is 0.119. The standard InChI is InChI=1S/C14H25N3O/c1-12-5-7-14(11-16,8-6-12)13(18)17-10-4-2-3-9-15/h12H,2-8,10-11,16H2,1H3,(H,17,18). The maximum absolute atomic E-state index is 12.2. The van der Waals surface area contributed by atoms with Crippen LogP contribution < -0.4 is 11.1 Å². The molecule has 1 fully saturated rings. The SMILES string of the molecule is CC1CCC(CN)(C(=O)NCCCCC#N)CC1. The van der Waals surface area contributed by atoms with Crippen molar-refractivity contribution >= 4 is 5.91 Å². The summed E-state index contributed by atoms with van der Waals surface area (Å²) < 4.78 is 0. The molecule has 1 rings (SSSR count). The molecule has 1 aliphatic rings. The number of carbonyl (C=O) groups excluding carboxylic acids is 1. The summed E-state index contributed by atoms with van der Waals surface area (Å²) in [6.45, 7) is 3.35. The second-order valence-corrected chi connectivity index (χ2v) is 5.54. The molecule has 0 aliphatic heterocycles. The smallest absolute Gasteiger partial charge is 0.227 e. The second-order valence-electron chi connectivity index (χ2n) is 5.54. The van der Waals surface area contributed by atoms with Crippen LogP contribution >= 0.6 is 0 Å². The lowest BCUT2D eigenvalue weighted by Crippen LogP contribution is -2.48. The summed E-state index contributed by atoms with van der Waals surface area (Å²) in [5.74, 6) is 0.835. The fraction of sp³-hybridized carbons (Fsp3) is 0.857. The number of nitrogens with one attached hydrogen (secondary N) is 1. The van der Waals surface area contributed by atoms with E-state index in [0.29, 0.717) is 25.4 Å². The van der Waals surface area contributed by atoms with Crippen LogP contribution in [0.25, 0.3) is 0 Å². The van der Waals surface area contributed by atoms with Crippen molar-refractivity contribution in [2.75, 3.05) is 13.1 Å². The summed E-state index contributed by atoms with van der Waals surface area (Å²) in [5.41, 5.74) is 5.50. The van der Waals surface area contributed by atoms with Crippen LogP contribution in [0.3, 0.4) is 0 Å². The highest BCUT2D eigenvalue weighted by Gasteiger charge is 2.39. The van der Waals surface area contributed by atoms with Crippen LogP contribution in [0.1, 0.15) is 51.9 Å². The number of nitrogens with zero attached hydrogens (tertiary/aromatic N) is 1. The van der Waals surface area contributed by atoms with E-state index in [2.05, 4.69) is 18.3 Å². The van der Waals surface area contributed by atoms with E-state index in [0.717, 1.165) is 38.5 Å². The van der Waals surface area contributed by atoms with Crippen molar-refractivity contribution in [1.29, 1.82) is 5.26 Å². The van der Waals surface area contributed by atoms with E-state index in [1.165, 1.54) is 0 Å². The second kappa shape index (κ2) is 7.38. The Labute approximate surface area is 110 Å². The number of hydrogen-bond acceptors (Lipinski definition) is 3. The third kappa shape index (κ3) is 3.99. The number of carbonyl (C=O) groups is 1. The van der Waals surface area contributed by atoms with Gasteiger partial charge in [0.1, 0.15) is 0 Å². The molecule has 1 aliphatic carbocycles. The van der Waals surface area contributed by atoms with Gasteiger partial charge in [0.25, 0.3) is 0 Å². The van der Waals surface area contributed by atoms with Crippen molar-refractivity contribution in [3.63, 3.8) is 0 Å². The molecule has 4 nitrogen and oxygen atoms in total. The molecule has 1 amide bonds. The topological polar surface area (TPSA) is 78.9 Å². The Morgan fingerprint density at radius 1 is 1.44 bits per heavy atom. The molecule has 18 heavy (non-hydrogen) atoms. The highest BCUT2D eigenvalue weighted by molar-refractivity contribution is 5.83. The Morgan fingerprint density at radius 2 is 2.11 bits per heavy atom. The lowest BCUT2D eigenvalue weighted by molar-refractivity contribution is -0.132. The van der Waals surface area contributed by atoms with Crippen molar-refractivity contribution in [3.05, 3.63) is 0 Å². The minimum atomic E-state index is -0.332. The Morgan fingerprint density at radius 3 is 2.67 bits per heavy atom. The van der Waals surface area contributed by atoms with Crippen LogP contribution in [0.5, 0.6) is 0 Å². The molecule has 3 N–H and O–H groups in total. The van der Waals surface area contributed by atoms with E-state index >= 15 is 0 Å². The molecule has 0 spiro atoms. The monoisotopic (exact) mass is 251 g/mol. The number of nitriles is 1. The molecule has 0 radical (unpaired) electrons. The quantitative estimate of drug-likeness (QED) is 0.708. The van der Waals surface area contributed by atoms with Crippen LogP contribution in [0.2, 0.25) is 0 Å². The summed E-state index contributed by atoms with van der Waals surface area (Å²) >= 11 is 0. The van der Waals surface area contributed by atoms with Crippen molar-refractivity contribution in [3.8, 4) is 6.07 Å². The average molecular weight is 251 g/mol. The highest BCUT2D eigenvalue weighted by Crippen LogP contribution is 2.38. The predicted molar refractivity (Wildman–Crippen MR) is 71.6 cm³/mol. The predicted octanol–water partition coefficient (Wildman–Crippen LogP) is 1.95. The third-order valence-corrected chi connectivity index (χ3v) is 4.10. The highest BCUT2D eigenvalue weighted by atomic mass is 16.2. The summed E-state index contributed by atoms with van der Waals surface area (Å²) in [6, 6.07) is 2.11. The van der Waals surface area contributed by atoms with Crippen LogP contribution in [0.4, 0.5) is 0 Å². The summed E-state index contributed by atoms with van der Waals surface area (Å²) in [6.07, 6.45) is 6.30. The Hall–Kier alpha value is -1.08. The first-order chi connectivity index (χ1) is 8.64. The van der Waals surface area contributed by atoms with Crippen molar-refractivity contribution < 1.29 is 4.79 Å². The van der Waals surface area contributed by atoms with Gasteiger partial charge in [-0.15, -0.1) is 0 Å². The molecule has 0 unspecified atom stereocenters. The van der Waals surface area contributed by atoms with Gasteiger partial charge in [-0.05, 0) is 44.4 Å². The number of amides is 1. The van der Waals surface area contributed by atoms with Crippen molar-refractivity contribution in [2.45, 2.75) is 51.9 Å². The fourth-order valence-corrected chi connectivity index (χ4v) is 2.56. The molecule has 0 bridgehead atoms. The normalized spacial score (nSPS) is 27.5. The molecule has 4 heteroatoms. The van der Waals surface area contributed by atoms with E-state index in [1.54, 1.807) is 0 Å². The number of nitrogens with two attached hydrogens (primary N) is 1. The molecule has 0 aromatic carbocycles. The van der Waals surface area contributed by atoms with Crippen LogP contribution in [-0.2, 0) is 4.79 Å². The van der Waals surface area contributed by atoms with E-state index in [4.69, 9.17) is 11.0 Å². The van der Waals surface area contributed by atoms with E-state index in [1.807, 2.05) is 0 Å². The summed E-state index contributed by atoms with van der Waals surface area (Å²) in [5, 5.41) is 11.4. The third-order valence-electron chi connectivity index (χ3n) is 4.10. The molecule has 0 aromatic rings. The average Bonchev–Trinajstić information content (AvgIpc) is 2.39. The molecule has 0 atom stereocenters. The Bertz CT molecular complexity index is 301. The zero-order valence-corrected chi connectivity index (χ0v) is 11.4. The molecule has 1 saturated carbocycles. The summed E-state index contributed by atoms with van der Waals surface area (Å²) in [4.78, 5) is 12.2. The minimum Gasteiger partial charge on any atom is -0.356 e. The number of hydrogen-bond donors (Lipinski definition) is 2. The van der Waals surface area contributed by atoms with Gasteiger partial charge >= 0.3 is 0 Å². The molecule has 0 aromatic heterocycles. The molecule has 102 valence electrons.